The van der Waals surface area contributed by atoms with E-state index in [9.17, 15) is 10.2 Å². The molecule has 2 aromatic carbocycles. The van der Waals surface area contributed by atoms with Crippen LogP contribution in [0.4, 0.5) is 0 Å². The normalized spacial score (nSPS) is 12.5. The lowest BCUT2D eigenvalue weighted by Gasteiger charge is -2.30. The summed E-state index contributed by atoms with van der Waals surface area (Å²) in [5.74, 6) is 0.283. The van der Waals surface area contributed by atoms with Gasteiger partial charge in [-0.25, -0.2) is 0 Å². The van der Waals surface area contributed by atoms with E-state index in [2.05, 4.69) is 36.9 Å². The minimum absolute atomic E-state index is 0.113. The first-order valence-electron chi connectivity index (χ1n) is 7.81. The van der Waals surface area contributed by atoms with E-state index in [1.807, 2.05) is 18.2 Å². The number of phenols is 1. The minimum Gasteiger partial charge on any atom is -0.508 e. The quantitative estimate of drug-likeness (QED) is 0.822. The number of rotatable bonds is 7. The summed E-state index contributed by atoms with van der Waals surface area (Å²) in [7, 11) is 0. The molecule has 0 aromatic heterocycles. The van der Waals surface area contributed by atoms with Crippen molar-refractivity contribution in [1.82, 2.24) is 4.90 Å². The molecule has 0 bridgehead atoms. The zero-order valence-corrected chi connectivity index (χ0v) is 13.4. The van der Waals surface area contributed by atoms with Gasteiger partial charge in [-0.15, -0.1) is 0 Å². The molecule has 0 aliphatic heterocycles. The van der Waals surface area contributed by atoms with E-state index in [1.165, 1.54) is 11.1 Å². The van der Waals surface area contributed by atoms with Crippen molar-refractivity contribution in [3.05, 3.63) is 65.2 Å². The number of aliphatic hydroxyl groups excluding tert-OH is 1. The van der Waals surface area contributed by atoms with E-state index in [0.29, 0.717) is 6.54 Å². The molecule has 3 heteroatoms. The zero-order chi connectivity index (χ0) is 15.9. The van der Waals surface area contributed by atoms with Crippen molar-refractivity contribution in [3.63, 3.8) is 0 Å². The van der Waals surface area contributed by atoms with Crippen LogP contribution in [-0.4, -0.2) is 27.8 Å². The van der Waals surface area contributed by atoms with Crippen LogP contribution in [0.5, 0.6) is 5.75 Å². The zero-order valence-electron chi connectivity index (χ0n) is 13.4. The largest absolute Gasteiger partial charge is 0.508 e. The molecule has 1 atom stereocenters. The number of nitrogens with zero attached hydrogens (tertiary/aromatic N) is 1. The lowest BCUT2D eigenvalue weighted by Crippen LogP contribution is -2.36. The van der Waals surface area contributed by atoms with Gasteiger partial charge in [0.2, 0.25) is 0 Å². The fraction of sp³-hybridized carbons (Fsp3) is 0.368. The Morgan fingerprint density at radius 2 is 1.82 bits per heavy atom. The third-order valence-electron chi connectivity index (χ3n) is 4.13. The summed E-state index contributed by atoms with van der Waals surface area (Å²) in [4.78, 5) is 2.27. The fourth-order valence-electron chi connectivity index (χ4n) is 2.71. The third-order valence-corrected chi connectivity index (χ3v) is 4.13. The van der Waals surface area contributed by atoms with Gasteiger partial charge < -0.3 is 10.2 Å². The predicted octanol–water partition coefficient (Wildman–Crippen LogP) is 3.47. The van der Waals surface area contributed by atoms with Gasteiger partial charge in [-0.05, 0) is 42.2 Å². The first-order chi connectivity index (χ1) is 10.6. The van der Waals surface area contributed by atoms with E-state index in [0.717, 1.165) is 18.5 Å². The van der Waals surface area contributed by atoms with Gasteiger partial charge in [0.25, 0.3) is 0 Å². The van der Waals surface area contributed by atoms with E-state index in [-0.39, 0.29) is 18.4 Å². The average Bonchev–Trinajstić information content (AvgIpc) is 2.50. The second-order valence-corrected chi connectivity index (χ2v) is 5.75. The third kappa shape index (κ3) is 4.33. The molecule has 2 aromatic rings. The molecular weight excluding hydrogens is 274 g/mol. The molecule has 0 aliphatic rings. The van der Waals surface area contributed by atoms with Gasteiger partial charge in [-0.2, -0.15) is 0 Å². The van der Waals surface area contributed by atoms with Crippen LogP contribution in [0.25, 0.3) is 0 Å². The second kappa shape index (κ2) is 7.97. The standard InChI is InChI=1S/C19H25NO2/c1-3-18(14-21)20(12-16-8-6-10-19(22)11-16)13-17-9-5-4-7-15(17)2/h4-11,18,21-22H,3,12-14H2,1-2H3/t18-/m0/s1. The Labute approximate surface area is 132 Å². The summed E-state index contributed by atoms with van der Waals surface area (Å²) in [5, 5.41) is 19.3. The van der Waals surface area contributed by atoms with E-state index >= 15 is 0 Å². The highest BCUT2D eigenvalue weighted by atomic mass is 16.3. The Kier molecular flexibility index (Phi) is 5.99. The number of aromatic hydroxyl groups is 1. The van der Waals surface area contributed by atoms with Crippen LogP contribution in [0, 0.1) is 6.92 Å². The summed E-state index contributed by atoms with van der Waals surface area (Å²) in [6.07, 6.45) is 0.890. The van der Waals surface area contributed by atoms with Crippen LogP contribution in [-0.2, 0) is 13.1 Å². The van der Waals surface area contributed by atoms with Crippen LogP contribution in [0.3, 0.4) is 0 Å². The van der Waals surface area contributed by atoms with Crippen LogP contribution in [0.2, 0.25) is 0 Å². The molecule has 118 valence electrons. The van der Waals surface area contributed by atoms with Crippen LogP contribution < -0.4 is 0 Å². The lowest BCUT2D eigenvalue weighted by molar-refractivity contribution is 0.106. The van der Waals surface area contributed by atoms with Crippen LogP contribution in [0.1, 0.15) is 30.0 Å². The van der Waals surface area contributed by atoms with Crippen molar-refractivity contribution < 1.29 is 10.2 Å². The molecule has 2 rings (SSSR count). The summed E-state index contributed by atoms with van der Waals surface area (Å²) >= 11 is 0. The lowest BCUT2D eigenvalue weighted by atomic mass is 10.1. The van der Waals surface area contributed by atoms with Crippen molar-refractivity contribution in [2.75, 3.05) is 6.61 Å². The molecule has 2 N–H and O–H groups in total. The molecule has 3 nitrogen and oxygen atoms in total. The maximum Gasteiger partial charge on any atom is 0.115 e. The molecule has 0 fully saturated rings. The first-order valence-corrected chi connectivity index (χ1v) is 7.81. The van der Waals surface area contributed by atoms with Gasteiger partial charge in [0.1, 0.15) is 5.75 Å². The van der Waals surface area contributed by atoms with E-state index in [4.69, 9.17) is 0 Å². The van der Waals surface area contributed by atoms with Crippen LogP contribution >= 0.6 is 0 Å². The molecule has 22 heavy (non-hydrogen) atoms. The molecule has 0 heterocycles. The van der Waals surface area contributed by atoms with Gasteiger partial charge in [-0.1, -0.05) is 43.3 Å². The smallest absolute Gasteiger partial charge is 0.115 e. The predicted molar refractivity (Wildman–Crippen MR) is 89.7 cm³/mol. The summed E-state index contributed by atoms with van der Waals surface area (Å²) < 4.78 is 0. The molecule has 0 saturated heterocycles. The van der Waals surface area contributed by atoms with Gasteiger partial charge in [0.15, 0.2) is 0 Å². The SMILES string of the molecule is CC[C@@H](CO)N(Cc1cccc(O)c1)Cc1ccccc1C. The monoisotopic (exact) mass is 299 g/mol. The highest BCUT2D eigenvalue weighted by molar-refractivity contribution is 5.28. The number of aliphatic hydroxyl groups is 1. The Hall–Kier alpha value is -1.84. The molecule has 0 saturated carbocycles. The van der Waals surface area contributed by atoms with E-state index < -0.39 is 0 Å². The Morgan fingerprint density at radius 1 is 1.05 bits per heavy atom. The molecule has 0 unspecified atom stereocenters. The number of hydrogen-bond donors (Lipinski definition) is 2. The molecule has 0 spiro atoms. The Bertz CT molecular complexity index is 593. The number of hydrogen-bond acceptors (Lipinski definition) is 3. The first kappa shape index (κ1) is 16.5. The van der Waals surface area contributed by atoms with Gasteiger partial charge in [0, 0.05) is 19.1 Å². The summed E-state index contributed by atoms with van der Waals surface area (Å²) in [6, 6.07) is 15.8. The Morgan fingerprint density at radius 3 is 2.45 bits per heavy atom. The Balaban J connectivity index is 2.21. The number of aryl methyl sites for hydroxylation is 1. The van der Waals surface area contributed by atoms with Crippen molar-refractivity contribution in [2.45, 2.75) is 39.4 Å². The fourth-order valence-corrected chi connectivity index (χ4v) is 2.71. The van der Waals surface area contributed by atoms with Crippen molar-refractivity contribution in [2.24, 2.45) is 0 Å². The molecule has 0 aliphatic carbocycles. The second-order valence-electron chi connectivity index (χ2n) is 5.75. The van der Waals surface area contributed by atoms with Gasteiger partial charge in [-0.3, -0.25) is 4.90 Å². The topological polar surface area (TPSA) is 43.7 Å². The number of benzene rings is 2. The maximum absolute atomic E-state index is 9.69. The maximum atomic E-state index is 9.69. The summed E-state index contributed by atoms with van der Waals surface area (Å²) in [6.45, 7) is 5.85. The highest BCUT2D eigenvalue weighted by Gasteiger charge is 2.17. The highest BCUT2D eigenvalue weighted by Crippen LogP contribution is 2.19. The van der Waals surface area contributed by atoms with E-state index in [1.54, 1.807) is 12.1 Å². The van der Waals surface area contributed by atoms with Crippen molar-refractivity contribution >= 4 is 0 Å². The van der Waals surface area contributed by atoms with Gasteiger partial charge >= 0.3 is 0 Å². The minimum atomic E-state index is 0.113. The van der Waals surface area contributed by atoms with Crippen molar-refractivity contribution in [3.8, 4) is 5.75 Å². The molecule has 0 radical (unpaired) electrons. The number of phenolic OH excluding ortho intramolecular Hbond substituents is 1. The van der Waals surface area contributed by atoms with Gasteiger partial charge in [0.05, 0.1) is 6.61 Å². The van der Waals surface area contributed by atoms with Crippen LogP contribution in [0.15, 0.2) is 48.5 Å². The average molecular weight is 299 g/mol. The summed E-state index contributed by atoms with van der Waals surface area (Å²) in [5.41, 5.74) is 3.59. The molecule has 0 amide bonds. The van der Waals surface area contributed by atoms with Crippen molar-refractivity contribution in [1.29, 1.82) is 0 Å². The molecular formula is C19H25NO2.